The van der Waals surface area contributed by atoms with Gasteiger partial charge < -0.3 is 25.2 Å². The highest BCUT2D eigenvalue weighted by Gasteiger charge is 2.34. The quantitative estimate of drug-likeness (QED) is 0.327. The van der Waals surface area contributed by atoms with Crippen LogP contribution in [0.15, 0.2) is 60.7 Å². The number of thioether (sulfide) groups is 1. The first-order valence-corrected chi connectivity index (χ1v) is 14.9. The second-order valence-electron chi connectivity index (χ2n) is 11.6. The highest BCUT2D eigenvalue weighted by molar-refractivity contribution is 8.00. The van der Waals surface area contributed by atoms with E-state index in [0.717, 1.165) is 23.3 Å². The standard InChI is InChI=1S/C31H44N2O5S/c1-21(2)28-27(16-17-39-28)37-29(35)32-24(18-22-12-8-6-9-13-22)20-26(34)25(19-23-14-10-7-11-15-23)33-30(36)38-31(3,4)5/h6-15,21,24-28,34H,16-20H2,1-5H3,(H,32,35)(H,33,36)/t24-,25-,26-,27-,28-/m0/s1. The molecule has 2 aromatic carbocycles. The van der Waals surface area contributed by atoms with Crippen LogP contribution in [0.3, 0.4) is 0 Å². The van der Waals surface area contributed by atoms with E-state index in [4.69, 9.17) is 9.47 Å². The summed E-state index contributed by atoms with van der Waals surface area (Å²) in [4.78, 5) is 25.7. The number of aliphatic hydroxyl groups is 1. The number of amides is 2. The fourth-order valence-electron chi connectivity index (χ4n) is 4.84. The van der Waals surface area contributed by atoms with E-state index >= 15 is 0 Å². The lowest BCUT2D eigenvalue weighted by Gasteiger charge is -2.30. The molecular weight excluding hydrogens is 512 g/mol. The minimum atomic E-state index is -0.947. The van der Waals surface area contributed by atoms with Gasteiger partial charge in [0.15, 0.2) is 0 Å². The maximum absolute atomic E-state index is 13.0. The summed E-state index contributed by atoms with van der Waals surface area (Å²) < 4.78 is 11.3. The zero-order valence-corrected chi connectivity index (χ0v) is 24.6. The molecule has 1 fully saturated rings. The number of nitrogens with one attached hydrogen (secondary N) is 2. The van der Waals surface area contributed by atoms with Crippen LogP contribution < -0.4 is 10.6 Å². The molecule has 1 saturated heterocycles. The second kappa shape index (κ2) is 14.6. The molecule has 39 heavy (non-hydrogen) atoms. The van der Waals surface area contributed by atoms with Crippen molar-refractivity contribution in [3.05, 3.63) is 71.8 Å². The molecule has 0 spiro atoms. The molecule has 0 saturated carbocycles. The molecule has 1 aliphatic rings. The first kappa shape index (κ1) is 30.8. The number of aliphatic hydroxyl groups excluding tert-OH is 1. The average Bonchev–Trinajstić information content (AvgIpc) is 3.32. The summed E-state index contributed by atoms with van der Waals surface area (Å²) >= 11 is 1.85. The summed E-state index contributed by atoms with van der Waals surface area (Å²) in [7, 11) is 0. The monoisotopic (exact) mass is 556 g/mol. The Morgan fingerprint density at radius 3 is 2.10 bits per heavy atom. The van der Waals surface area contributed by atoms with Crippen molar-refractivity contribution >= 4 is 23.9 Å². The van der Waals surface area contributed by atoms with Crippen molar-refractivity contribution in [2.24, 2.45) is 5.92 Å². The van der Waals surface area contributed by atoms with Gasteiger partial charge in [-0.3, -0.25) is 0 Å². The third-order valence-corrected chi connectivity index (χ3v) is 8.34. The Kier molecular flexibility index (Phi) is 11.5. The third-order valence-electron chi connectivity index (χ3n) is 6.63. The lowest BCUT2D eigenvalue weighted by atomic mass is 9.94. The molecule has 0 aliphatic carbocycles. The highest BCUT2D eigenvalue weighted by atomic mass is 32.2. The predicted molar refractivity (Wildman–Crippen MR) is 157 cm³/mol. The SMILES string of the molecule is CC(C)[C@@H]1SCC[C@@H]1OC(=O)N[C@@H](Cc1ccccc1)C[C@H](O)[C@H](Cc1ccccc1)NC(=O)OC(C)(C)C. The van der Waals surface area contributed by atoms with Crippen LogP contribution in [0, 0.1) is 5.92 Å². The first-order chi connectivity index (χ1) is 18.5. The number of benzene rings is 2. The van der Waals surface area contributed by atoms with Crippen LogP contribution in [0.5, 0.6) is 0 Å². The van der Waals surface area contributed by atoms with Crippen LogP contribution in [-0.2, 0) is 22.3 Å². The zero-order chi connectivity index (χ0) is 28.4. The van der Waals surface area contributed by atoms with Crippen molar-refractivity contribution in [1.82, 2.24) is 10.6 Å². The molecule has 0 bridgehead atoms. The summed E-state index contributed by atoms with van der Waals surface area (Å²) in [6.45, 7) is 9.70. The predicted octanol–water partition coefficient (Wildman–Crippen LogP) is 5.74. The smallest absolute Gasteiger partial charge is 0.407 e. The van der Waals surface area contributed by atoms with Gasteiger partial charge in [0.05, 0.1) is 12.1 Å². The Morgan fingerprint density at radius 1 is 0.949 bits per heavy atom. The van der Waals surface area contributed by atoms with Gasteiger partial charge in [-0.05, 0) is 69.3 Å². The molecule has 0 aromatic heterocycles. The second-order valence-corrected chi connectivity index (χ2v) is 12.9. The number of hydrogen-bond donors (Lipinski definition) is 3. The molecule has 3 rings (SSSR count). The number of carbonyl (C=O) groups excluding carboxylic acids is 2. The van der Waals surface area contributed by atoms with E-state index in [1.807, 2.05) is 72.4 Å². The van der Waals surface area contributed by atoms with E-state index in [0.29, 0.717) is 18.8 Å². The molecule has 7 nitrogen and oxygen atoms in total. The van der Waals surface area contributed by atoms with Crippen molar-refractivity contribution < 1.29 is 24.2 Å². The molecule has 5 atom stereocenters. The van der Waals surface area contributed by atoms with Crippen LogP contribution in [-0.4, -0.2) is 58.2 Å². The Labute approximate surface area is 237 Å². The highest BCUT2D eigenvalue weighted by Crippen LogP contribution is 2.34. The summed E-state index contributed by atoms with van der Waals surface area (Å²) in [5.74, 6) is 1.39. The number of carbonyl (C=O) groups is 2. The van der Waals surface area contributed by atoms with Crippen LogP contribution in [0.4, 0.5) is 9.59 Å². The Balaban J connectivity index is 1.74. The average molecular weight is 557 g/mol. The van der Waals surface area contributed by atoms with Crippen LogP contribution in [0.1, 0.15) is 58.6 Å². The molecular formula is C31H44N2O5S. The lowest BCUT2D eigenvalue weighted by molar-refractivity contribution is 0.0393. The minimum absolute atomic E-state index is 0.128. The minimum Gasteiger partial charge on any atom is -0.445 e. The van der Waals surface area contributed by atoms with Gasteiger partial charge >= 0.3 is 12.2 Å². The van der Waals surface area contributed by atoms with Gasteiger partial charge in [0.25, 0.3) is 0 Å². The molecule has 2 amide bonds. The fraction of sp³-hybridized carbons (Fsp3) is 0.548. The maximum Gasteiger partial charge on any atom is 0.407 e. The number of hydrogen-bond acceptors (Lipinski definition) is 6. The van der Waals surface area contributed by atoms with Gasteiger partial charge in [0.2, 0.25) is 0 Å². The summed E-state index contributed by atoms with van der Waals surface area (Å²) in [6.07, 6.45) is -0.136. The molecule has 1 heterocycles. The van der Waals surface area contributed by atoms with Gasteiger partial charge in [-0.2, -0.15) is 11.8 Å². The number of ether oxygens (including phenoxy) is 2. The Bertz CT molecular complexity index is 1030. The van der Waals surface area contributed by atoms with Gasteiger partial charge in [0, 0.05) is 11.3 Å². The van der Waals surface area contributed by atoms with E-state index in [1.165, 1.54) is 0 Å². The largest absolute Gasteiger partial charge is 0.445 e. The van der Waals surface area contributed by atoms with E-state index in [1.54, 1.807) is 20.8 Å². The van der Waals surface area contributed by atoms with Gasteiger partial charge in [-0.1, -0.05) is 74.5 Å². The Hall–Kier alpha value is -2.71. The topological polar surface area (TPSA) is 96.9 Å². The fourth-order valence-corrected chi connectivity index (χ4v) is 6.27. The molecule has 1 aliphatic heterocycles. The van der Waals surface area contributed by atoms with E-state index in [9.17, 15) is 14.7 Å². The van der Waals surface area contributed by atoms with Crippen LogP contribution in [0.2, 0.25) is 0 Å². The van der Waals surface area contributed by atoms with E-state index in [-0.39, 0.29) is 17.8 Å². The van der Waals surface area contributed by atoms with Crippen molar-refractivity contribution in [2.75, 3.05) is 5.75 Å². The molecule has 214 valence electrons. The zero-order valence-electron chi connectivity index (χ0n) is 23.8. The number of alkyl carbamates (subject to hydrolysis) is 2. The maximum atomic E-state index is 13.0. The van der Waals surface area contributed by atoms with Crippen molar-refractivity contribution in [2.45, 2.75) is 95.4 Å². The molecule has 0 unspecified atom stereocenters. The van der Waals surface area contributed by atoms with E-state index in [2.05, 4.69) is 24.5 Å². The number of rotatable bonds is 11. The van der Waals surface area contributed by atoms with Crippen molar-refractivity contribution in [3.63, 3.8) is 0 Å². The summed E-state index contributed by atoms with van der Waals surface area (Å²) in [5, 5.41) is 17.6. The summed E-state index contributed by atoms with van der Waals surface area (Å²) in [5.41, 5.74) is 1.34. The molecule has 0 radical (unpaired) electrons. The lowest BCUT2D eigenvalue weighted by Crippen LogP contribution is -2.50. The Morgan fingerprint density at radius 2 is 1.54 bits per heavy atom. The van der Waals surface area contributed by atoms with Gasteiger partial charge in [-0.25, -0.2) is 9.59 Å². The van der Waals surface area contributed by atoms with Crippen LogP contribution >= 0.6 is 11.8 Å². The van der Waals surface area contributed by atoms with Gasteiger partial charge in [-0.15, -0.1) is 0 Å². The van der Waals surface area contributed by atoms with E-state index < -0.39 is 36.0 Å². The molecule has 3 N–H and O–H groups in total. The normalized spacial score (nSPS) is 19.7. The third kappa shape index (κ3) is 10.8. The summed E-state index contributed by atoms with van der Waals surface area (Å²) in [6, 6.07) is 18.5. The van der Waals surface area contributed by atoms with Crippen molar-refractivity contribution in [3.8, 4) is 0 Å². The van der Waals surface area contributed by atoms with Gasteiger partial charge in [0.1, 0.15) is 11.7 Å². The first-order valence-electron chi connectivity index (χ1n) is 13.8. The molecule has 2 aromatic rings. The van der Waals surface area contributed by atoms with Crippen molar-refractivity contribution in [1.29, 1.82) is 0 Å². The molecule has 8 heteroatoms. The van der Waals surface area contributed by atoms with Crippen LogP contribution in [0.25, 0.3) is 0 Å².